The molecule has 0 atom stereocenters. The summed E-state index contributed by atoms with van der Waals surface area (Å²) in [5, 5.41) is 7.08. The lowest BCUT2D eigenvalue weighted by Crippen LogP contribution is -2.34. The predicted molar refractivity (Wildman–Crippen MR) is 131 cm³/mol. The van der Waals surface area contributed by atoms with E-state index >= 15 is 0 Å². The predicted octanol–water partition coefficient (Wildman–Crippen LogP) is 6.68. The Balaban J connectivity index is 4.99. The largest absolute Gasteiger partial charge is 0.383 e. The molecule has 0 spiro atoms. The molecule has 0 fully saturated rings. The quantitative estimate of drug-likeness (QED) is 0.224. The third-order valence-corrected chi connectivity index (χ3v) is 4.96. The molecule has 0 heterocycles. The third-order valence-electron chi connectivity index (χ3n) is 3.87. The molecule has 154 valence electrons. The molecular weight excluding hydrogens is 360 g/mol. The standard InChI is InChI=1S/C25H38N2S/c1-8-13-17-22(14-9-2)28-24(16-11-4)23(15-10-3)27-20-19-26-21-25(6,7)18-12-5/h8-11,13-17,26-27H,1-4,12,18-21H2,5-7H3/b17-13-,22-14+,23-15+,24-16+. The van der Waals surface area contributed by atoms with Gasteiger partial charge in [0.15, 0.2) is 0 Å². The van der Waals surface area contributed by atoms with E-state index in [1.165, 1.54) is 12.8 Å². The molecule has 0 radical (unpaired) electrons. The van der Waals surface area contributed by atoms with E-state index in [-0.39, 0.29) is 0 Å². The number of allylic oxidation sites excluding steroid dienone is 9. The van der Waals surface area contributed by atoms with Gasteiger partial charge in [-0.15, -0.1) is 0 Å². The maximum atomic E-state index is 3.86. The van der Waals surface area contributed by atoms with Crippen molar-refractivity contribution in [3.05, 3.63) is 96.5 Å². The van der Waals surface area contributed by atoms with Crippen molar-refractivity contribution in [2.75, 3.05) is 19.6 Å². The SMILES string of the molecule is C=C/C=C\C(=C/C=C)SC(=C/C=C)/C(=C\C=C)NCCNCC(C)(C)CCC. The molecular formula is C25H38N2S. The highest BCUT2D eigenvalue weighted by Crippen LogP contribution is 2.31. The van der Waals surface area contributed by atoms with Crippen LogP contribution in [-0.4, -0.2) is 19.6 Å². The van der Waals surface area contributed by atoms with Gasteiger partial charge in [0.2, 0.25) is 0 Å². The molecule has 0 aliphatic heterocycles. The van der Waals surface area contributed by atoms with E-state index in [4.69, 9.17) is 0 Å². The van der Waals surface area contributed by atoms with Crippen LogP contribution in [0.3, 0.4) is 0 Å². The highest BCUT2D eigenvalue weighted by molar-refractivity contribution is 8.07. The van der Waals surface area contributed by atoms with Crippen LogP contribution in [0.1, 0.15) is 33.6 Å². The molecule has 0 aromatic carbocycles. The van der Waals surface area contributed by atoms with Gasteiger partial charge in [-0.2, -0.15) is 0 Å². The molecule has 2 N–H and O–H groups in total. The fourth-order valence-corrected chi connectivity index (χ4v) is 3.62. The van der Waals surface area contributed by atoms with Crippen molar-refractivity contribution in [2.45, 2.75) is 33.6 Å². The van der Waals surface area contributed by atoms with Crippen LogP contribution in [0.2, 0.25) is 0 Å². The summed E-state index contributed by atoms with van der Waals surface area (Å²) in [6.07, 6.45) is 19.5. The number of rotatable bonds is 16. The maximum Gasteiger partial charge on any atom is 0.0482 e. The Morgan fingerprint density at radius 1 is 0.929 bits per heavy atom. The topological polar surface area (TPSA) is 24.1 Å². The van der Waals surface area contributed by atoms with E-state index in [9.17, 15) is 0 Å². The average Bonchev–Trinajstić information content (AvgIpc) is 2.64. The van der Waals surface area contributed by atoms with Crippen molar-refractivity contribution in [1.29, 1.82) is 0 Å². The van der Waals surface area contributed by atoms with Gasteiger partial charge in [0.1, 0.15) is 0 Å². The second-order valence-electron chi connectivity index (χ2n) is 7.10. The third kappa shape index (κ3) is 12.4. The van der Waals surface area contributed by atoms with Crippen LogP contribution in [0, 0.1) is 5.41 Å². The van der Waals surface area contributed by atoms with Crippen LogP contribution in [-0.2, 0) is 0 Å². The van der Waals surface area contributed by atoms with E-state index < -0.39 is 0 Å². The Kier molecular flexibility index (Phi) is 14.9. The lowest BCUT2D eigenvalue weighted by molar-refractivity contribution is 0.312. The molecule has 28 heavy (non-hydrogen) atoms. The van der Waals surface area contributed by atoms with Gasteiger partial charge in [0.25, 0.3) is 0 Å². The second kappa shape index (κ2) is 16.0. The molecule has 0 aliphatic rings. The molecule has 0 aromatic rings. The first kappa shape index (κ1) is 26.0. The highest BCUT2D eigenvalue weighted by Gasteiger charge is 2.15. The second-order valence-corrected chi connectivity index (χ2v) is 8.22. The molecule has 3 heteroatoms. The summed E-state index contributed by atoms with van der Waals surface area (Å²) in [5.41, 5.74) is 1.36. The van der Waals surface area contributed by atoms with Gasteiger partial charge < -0.3 is 10.6 Å². The summed E-state index contributed by atoms with van der Waals surface area (Å²) in [7, 11) is 0. The van der Waals surface area contributed by atoms with Gasteiger partial charge in [-0.3, -0.25) is 0 Å². The van der Waals surface area contributed by atoms with E-state index in [1.54, 1.807) is 36.1 Å². The smallest absolute Gasteiger partial charge is 0.0482 e. The summed E-state index contributed by atoms with van der Waals surface area (Å²) in [5.74, 6) is 0. The molecule has 0 bridgehead atoms. The Morgan fingerprint density at radius 3 is 2.18 bits per heavy atom. The van der Waals surface area contributed by atoms with E-state index in [0.29, 0.717) is 5.41 Å². The zero-order valence-corrected chi connectivity index (χ0v) is 18.8. The fraction of sp³-hybridized carbons (Fsp3) is 0.360. The number of hydrogen-bond donors (Lipinski definition) is 2. The van der Waals surface area contributed by atoms with Crippen LogP contribution in [0.25, 0.3) is 0 Å². The molecule has 0 aromatic heterocycles. The average molecular weight is 399 g/mol. The van der Waals surface area contributed by atoms with Gasteiger partial charge in [-0.25, -0.2) is 0 Å². The Morgan fingerprint density at radius 2 is 1.61 bits per heavy atom. The minimum Gasteiger partial charge on any atom is -0.383 e. The molecule has 0 amide bonds. The minimum atomic E-state index is 0.333. The number of nitrogens with one attached hydrogen (secondary N) is 2. The zero-order chi connectivity index (χ0) is 21.3. The van der Waals surface area contributed by atoms with Gasteiger partial charge in [0.05, 0.1) is 0 Å². The Labute approximate surface area is 177 Å². The Hall–Kier alpha value is -1.97. The van der Waals surface area contributed by atoms with E-state index in [1.807, 2.05) is 30.4 Å². The van der Waals surface area contributed by atoms with Gasteiger partial charge in [-0.1, -0.05) is 95.6 Å². The summed E-state index contributed by atoms with van der Waals surface area (Å²) in [4.78, 5) is 2.14. The van der Waals surface area contributed by atoms with Gasteiger partial charge in [0, 0.05) is 35.1 Å². The lowest BCUT2D eigenvalue weighted by Gasteiger charge is -2.24. The van der Waals surface area contributed by atoms with E-state index in [0.717, 1.165) is 35.1 Å². The monoisotopic (exact) mass is 398 g/mol. The van der Waals surface area contributed by atoms with Crippen LogP contribution in [0.15, 0.2) is 96.5 Å². The van der Waals surface area contributed by atoms with Crippen LogP contribution >= 0.6 is 11.8 Å². The normalized spacial score (nSPS) is 13.5. The lowest BCUT2D eigenvalue weighted by atomic mass is 9.88. The van der Waals surface area contributed by atoms with Crippen molar-refractivity contribution in [3.63, 3.8) is 0 Å². The van der Waals surface area contributed by atoms with Gasteiger partial charge >= 0.3 is 0 Å². The number of hydrogen-bond acceptors (Lipinski definition) is 3. The summed E-state index contributed by atoms with van der Waals surface area (Å²) in [6, 6.07) is 0. The Bertz CT molecular complexity index is 618. The summed E-state index contributed by atoms with van der Waals surface area (Å²) in [6.45, 7) is 24.9. The molecule has 0 rings (SSSR count). The van der Waals surface area contributed by atoms with Crippen molar-refractivity contribution in [1.82, 2.24) is 10.6 Å². The highest BCUT2D eigenvalue weighted by atomic mass is 32.2. The first-order chi connectivity index (χ1) is 13.4. The first-order valence-corrected chi connectivity index (χ1v) is 10.7. The zero-order valence-electron chi connectivity index (χ0n) is 18.0. The van der Waals surface area contributed by atoms with Crippen molar-refractivity contribution >= 4 is 11.8 Å². The van der Waals surface area contributed by atoms with E-state index in [2.05, 4.69) is 57.7 Å². The molecule has 0 aliphatic carbocycles. The maximum absolute atomic E-state index is 3.86. The van der Waals surface area contributed by atoms with Crippen LogP contribution < -0.4 is 10.6 Å². The fourth-order valence-electron chi connectivity index (χ4n) is 2.64. The summed E-state index contributed by atoms with van der Waals surface area (Å²) < 4.78 is 0. The minimum absolute atomic E-state index is 0.333. The molecule has 0 unspecified atom stereocenters. The molecule has 0 saturated carbocycles. The first-order valence-electron chi connectivity index (χ1n) is 9.84. The van der Waals surface area contributed by atoms with Crippen molar-refractivity contribution < 1.29 is 0 Å². The van der Waals surface area contributed by atoms with Gasteiger partial charge in [-0.05, 0) is 36.1 Å². The summed E-state index contributed by atoms with van der Waals surface area (Å²) >= 11 is 1.65. The number of thioether (sulfide) groups is 1. The van der Waals surface area contributed by atoms with Crippen LogP contribution in [0.5, 0.6) is 0 Å². The van der Waals surface area contributed by atoms with Crippen molar-refractivity contribution in [2.24, 2.45) is 5.41 Å². The molecule has 2 nitrogen and oxygen atoms in total. The molecule has 0 saturated heterocycles. The van der Waals surface area contributed by atoms with Crippen molar-refractivity contribution in [3.8, 4) is 0 Å². The van der Waals surface area contributed by atoms with Crippen LogP contribution in [0.4, 0.5) is 0 Å².